The van der Waals surface area contributed by atoms with E-state index in [1.54, 1.807) is 19.1 Å². The summed E-state index contributed by atoms with van der Waals surface area (Å²) in [5.41, 5.74) is 0.535. The van der Waals surface area contributed by atoms with Gasteiger partial charge in [0.25, 0.3) is 5.91 Å². The third-order valence-corrected chi connectivity index (χ3v) is 3.60. The van der Waals surface area contributed by atoms with E-state index >= 15 is 0 Å². The summed E-state index contributed by atoms with van der Waals surface area (Å²) in [6.45, 7) is 1.01. The van der Waals surface area contributed by atoms with Crippen molar-refractivity contribution in [3.05, 3.63) is 63.7 Å². The van der Waals surface area contributed by atoms with Crippen molar-refractivity contribution in [3.8, 4) is 5.75 Å². The number of phenolic OH excluding ortho intramolecular Hbond substituents is 1. The van der Waals surface area contributed by atoms with Crippen molar-refractivity contribution in [1.82, 2.24) is 5.32 Å². The number of rotatable bonds is 5. The summed E-state index contributed by atoms with van der Waals surface area (Å²) in [6.07, 6.45) is 0. The van der Waals surface area contributed by atoms with Gasteiger partial charge in [-0.2, -0.15) is 0 Å². The van der Waals surface area contributed by atoms with Crippen LogP contribution in [0.1, 0.15) is 21.5 Å². The number of phenols is 1. The average Bonchev–Trinajstić information content (AvgIpc) is 2.57. The predicted molar refractivity (Wildman–Crippen MR) is 86.3 cm³/mol. The van der Waals surface area contributed by atoms with E-state index in [4.69, 9.17) is 16.3 Å². The Morgan fingerprint density at radius 1 is 1.24 bits per heavy atom. The quantitative estimate of drug-likeness (QED) is 0.794. The number of halogens is 3. The van der Waals surface area contributed by atoms with Gasteiger partial charge >= 0.3 is 5.97 Å². The number of carbonyl (C=O) groups is 2. The predicted octanol–water partition coefficient (Wildman–Crippen LogP) is 3.11. The number of hydrogen-bond acceptors (Lipinski definition) is 4. The Labute approximate surface area is 147 Å². The van der Waals surface area contributed by atoms with Gasteiger partial charge in [-0.25, -0.2) is 13.6 Å². The monoisotopic (exact) mass is 369 g/mol. The molecule has 0 aliphatic heterocycles. The van der Waals surface area contributed by atoms with E-state index in [0.29, 0.717) is 11.1 Å². The van der Waals surface area contributed by atoms with Gasteiger partial charge in [0.1, 0.15) is 22.9 Å². The molecule has 0 unspecified atom stereocenters. The largest absolute Gasteiger partial charge is 0.505 e. The van der Waals surface area contributed by atoms with E-state index in [2.05, 4.69) is 5.32 Å². The van der Waals surface area contributed by atoms with Gasteiger partial charge in [0.05, 0.1) is 5.02 Å². The number of carbonyl (C=O) groups excluding carboxylic acids is 2. The summed E-state index contributed by atoms with van der Waals surface area (Å²) < 4.78 is 31.3. The van der Waals surface area contributed by atoms with Crippen LogP contribution in [0, 0.1) is 18.6 Å². The van der Waals surface area contributed by atoms with Crippen LogP contribution in [0.3, 0.4) is 0 Å². The standard InChI is InChI=1S/C17H14ClF2NO4/c1-9-2-3-10(4-14(9)20)7-21-15(22)8-25-17(24)12-5-11(19)6-13(18)16(12)23/h2-6,23H,7-8H2,1H3,(H,21,22). The lowest BCUT2D eigenvalue weighted by atomic mass is 10.1. The zero-order chi connectivity index (χ0) is 18.6. The number of esters is 1. The Morgan fingerprint density at radius 2 is 1.96 bits per heavy atom. The number of amides is 1. The van der Waals surface area contributed by atoms with Gasteiger partial charge in [-0.1, -0.05) is 23.7 Å². The third kappa shape index (κ3) is 4.90. The number of ether oxygens (including phenoxy) is 1. The lowest BCUT2D eigenvalue weighted by molar-refractivity contribution is -0.124. The van der Waals surface area contributed by atoms with Crippen molar-refractivity contribution in [1.29, 1.82) is 0 Å². The molecule has 1 amide bonds. The van der Waals surface area contributed by atoms with E-state index in [1.165, 1.54) is 6.07 Å². The fraction of sp³-hybridized carbons (Fsp3) is 0.176. The van der Waals surface area contributed by atoms with Gasteiger partial charge in [0.15, 0.2) is 6.61 Å². The molecular formula is C17H14ClF2NO4. The van der Waals surface area contributed by atoms with Crippen LogP contribution in [-0.2, 0) is 16.1 Å². The molecule has 2 aromatic rings. The summed E-state index contributed by atoms with van der Waals surface area (Å²) in [7, 11) is 0. The topological polar surface area (TPSA) is 75.6 Å². The van der Waals surface area contributed by atoms with E-state index in [-0.39, 0.29) is 11.6 Å². The van der Waals surface area contributed by atoms with Crippen LogP contribution < -0.4 is 5.32 Å². The first-order chi connectivity index (χ1) is 11.8. The van der Waals surface area contributed by atoms with Crippen molar-refractivity contribution in [2.45, 2.75) is 13.5 Å². The van der Waals surface area contributed by atoms with Crippen molar-refractivity contribution in [2.24, 2.45) is 0 Å². The number of benzene rings is 2. The van der Waals surface area contributed by atoms with Gasteiger partial charge in [-0.15, -0.1) is 0 Å². The number of nitrogens with one attached hydrogen (secondary N) is 1. The van der Waals surface area contributed by atoms with E-state index in [0.717, 1.165) is 12.1 Å². The molecule has 0 heterocycles. The lowest BCUT2D eigenvalue weighted by Gasteiger charge is -2.09. The lowest BCUT2D eigenvalue weighted by Crippen LogP contribution is -2.28. The van der Waals surface area contributed by atoms with Crippen LogP contribution in [0.2, 0.25) is 5.02 Å². The SMILES string of the molecule is Cc1ccc(CNC(=O)COC(=O)c2cc(F)cc(Cl)c2O)cc1F. The van der Waals surface area contributed by atoms with Crippen LogP contribution in [-0.4, -0.2) is 23.6 Å². The molecule has 0 aliphatic rings. The average molecular weight is 370 g/mol. The van der Waals surface area contributed by atoms with Crippen molar-refractivity contribution in [3.63, 3.8) is 0 Å². The molecule has 0 bridgehead atoms. The van der Waals surface area contributed by atoms with Gasteiger partial charge in [-0.3, -0.25) is 4.79 Å². The molecular weight excluding hydrogens is 356 g/mol. The molecule has 0 spiro atoms. The smallest absolute Gasteiger partial charge is 0.342 e. The summed E-state index contributed by atoms with van der Waals surface area (Å²) in [6, 6.07) is 6.09. The molecule has 0 fully saturated rings. The van der Waals surface area contributed by atoms with Gasteiger partial charge < -0.3 is 15.2 Å². The maximum Gasteiger partial charge on any atom is 0.342 e. The second kappa shape index (κ2) is 7.94. The molecule has 0 aromatic heterocycles. The fourth-order valence-electron chi connectivity index (χ4n) is 1.93. The Hall–Kier alpha value is -2.67. The number of hydrogen-bond donors (Lipinski definition) is 2. The second-order valence-corrected chi connectivity index (χ2v) is 5.63. The molecule has 0 atom stereocenters. The maximum atomic E-state index is 13.4. The minimum Gasteiger partial charge on any atom is -0.505 e. The van der Waals surface area contributed by atoms with Crippen molar-refractivity contribution < 1.29 is 28.2 Å². The third-order valence-electron chi connectivity index (χ3n) is 3.31. The van der Waals surface area contributed by atoms with E-state index in [9.17, 15) is 23.5 Å². The molecule has 2 rings (SSSR count). The molecule has 132 valence electrons. The van der Waals surface area contributed by atoms with Crippen LogP contribution in [0.15, 0.2) is 30.3 Å². The first kappa shape index (κ1) is 18.7. The van der Waals surface area contributed by atoms with Gasteiger partial charge in [-0.05, 0) is 36.2 Å². The molecule has 0 saturated carbocycles. The normalized spacial score (nSPS) is 10.4. The van der Waals surface area contributed by atoms with Crippen molar-refractivity contribution >= 4 is 23.5 Å². The van der Waals surface area contributed by atoms with Crippen LogP contribution in [0.4, 0.5) is 8.78 Å². The highest BCUT2D eigenvalue weighted by Gasteiger charge is 2.18. The molecule has 5 nitrogen and oxygen atoms in total. The molecule has 0 radical (unpaired) electrons. The van der Waals surface area contributed by atoms with Gasteiger partial charge in [0, 0.05) is 6.54 Å². The Balaban J connectivity index is 1.89. The molecule has 25 heavy (non-hydrogen) atoms. The highest BCUT2D eigenvalue weighted by molar-refractivity contribution is 6.32. The second-order valence-electron chi connectivity index (χ2n) is 5.22. The Kier molecular flexibility index (Phi) is 5.93. The first-order valence-corrected chi connectivity index (χ1v) is 7.52. The van der Waals surface area contributed by atoms with Crippen LogP contribution in [0.5, 0.6) is 5.75 Å². The number of aryl methyl sites for hydroxylation is 1. The highest BCUT2D eigenvalue weighted by atomic mass is 35.5. The molecule has 2 aromatic carbocycles. The minimum atomic E-state index is -1.10. The van der Waals surface area contributed by atoms with Crippen LogP contribution >= 0.6 is 11.6 Å². The summed E-state index contributed by atoms with van der Waals surface area (Å²) in [5, 5.41) is 11.7. The molecule has 0 aliphatic carbocycles. The zero-order valence-corrected chi connectivity index (χ0v) is 13.9. The zero-order valence-electron chi connectivity index (χ0n) is 13.1. The maximum absolute atomic E-state index is 13.4. The molecule has 2 N–H and O–H groups in total. The molecule has 0 saturated heterocycles. The van der Waals surface area contributed by atoms with Crippen molar-refractivity contribution in [2.75, 3.05) is 6.61 Å². The highest BCUT2D eigenvalue weighted by Crippen LogP contribution is 2.29. The Morgan fingerprint density at radius 3 is 2.64 bits per heavy atom. The summed E-state index contributed by atoms with van der Waals surface area (Å²) >= 11 is 5.56. The summed E-state index contributed by atoms with van der Waals surface area (Å²) in [5.74, 6) is -3.60. The van der Waals surface area contributed by atoms with E-state index < -0.39 is 41.4 Å². The van der Waals surface area contributed by atoms with Crippen LogP contribution in [0.25, 0.3) is 0 Å². The Bertz CT molecular complexity index is 827. The number of aromatic hydroxyl groups is 1. The fourth-order valence-corrected chi connectivity index (χ4v) is 2.13. The first-order valence-electron chi connectivity index (χ1n) is 7.14. The summed E-state index contributed by atoms with van der Waals surface area (Å²) in [4.78, 5) is 23.5. The molecule has 8 heteroatoms. The van der Waals surface area contributed by atoms with E-state index in [1.807, 2.05) is 0 Å². The minimum absolute atomic E-state index is 0.0463. The van der Waals surface area contributed by atoms with Gasteiger partial charge in [0.2, 0.25) is 0 Å².